The van der Waals surface area contributed by atoms with E-state index in [0.29, 0.717) is 11.5 Å². The van der Waals surface area contributed by atoms with Crippen molar-refractivity contribution >= 4 is 17.3 Å². The lowest BCUT2D eigenvalue weighted by molar-refractivity contribution is 0.0598. The molecule has 1 rings (SSSR count). The highest BCUT2D eigenvalue weighted by atomic mass is 32.1. The van der Waals surface area contributed by atoms with E-state index in [-0.39, 0.29) is 11.4 Å². The molecule has 0 aliphatic heterocycles. The highest BCUT2D eigenvalue weighted by Crippen LogP contribution is 2.30. The Morgan fingerprint density at radius 2 is 2.27 bits per heavy atom. The summed E-state index contributed by atoms with van der Waals surface area (Å²) >= 11 is 1.36. The average molecular weight is 229 g/mol. The van der Waals surface area contributed by atoms with Crippen LogP contribution in [0.3, 0.4) is 0 Å². The molecule has 5 heteroatoms. The summed E-state index contributed by atoms with van der Waals surface area (Å²) in [6.07, 6.45) is 0. The zero-order valence-corrected chi connectivity index (χ0v) is 9.89. The van der Waals surface area contributed by atoms with Gasteiger partial charge in [0, 0.05) is 5.41 Å². The normalized spacial score (nSPS) is 11.5. The molecule has 1 aromatic rings. The van der Waals surface area contributed by atoms with E-state index >= 15 is 0 Å². The number of hydrogen-bond donors (Lipinski definition) is 1. The molecular weight excluding hydrogens is 214 g/mol. The molecule has 1 heterocycles. The minimum Gasteiger partial charge on any atom is -0.465 e. The average Bonchev–Trinajstić information content (AvgIpc) is 2.65. The standard InChI is InChI=1S/C10H15NO3S/c1-10(2,6-14-11)7-4-5-15-8(7)9(12)13-3/h4-5H,6,11H2,1-3H3. The minimum atomic E-state index is -0.315. The summed E-state index contributed by atoms with van der Waals surface area (Å²) in [5, 5.41) is 1.86. The van der Waals surface area contributed by atoms with Crippen LogP contribution in [0.25, 0.3) is 0 Å². The van der Waals surface area contributed by atoms with E-state index in [1.165, 1.54) is 18.4 Å². The number of carbonyl (C=O) groups excluding carboxylic acids is 1. The van der Waals surface area contributed by atoms with E-state index in [4.69, 9.17) is 10.6 Å². The Labute approximate surface area is 92.9 Å². The first-order valence-electron chi connectivity index (χ1n) is 4.51. The fraction of sp³-hybridized carbons (Fsp3) is 0.500. The Balaban J connectivity index is 3.04. The zero-order valence-electron chi connectivity index (χ0n) is 9.07. The molecule has 0 fully saturated rings. The van der Waals surface area contributed by atoms with Crippen LogP contribution < -0.4 is 5.90 Å². The summed E-state index contributed by atoms with van der Waals surface area (Å²) in [5.41, 5.74) is 0.614. The first-order chi connectivity index (χ1) is 7.03. The predicted octanol–water partition coefficient (Wildman–Crippen LogP) is 1.70. The summed E-state index contributed by atoms with van der Waals surface area (Å²) in [7, 11) is 1.37. The van der Waals surface area contributed by atoms with Crippen molar-refractivity contribution in [1.29, 1.82) is 0 Å². The largest absolute Gasteiger partial charge is 0.465 e. The van der Waals surface area contributed by atoms with Gasteiger partial charge in [0.2, 0.25) is 0 Å². The Kier molecular flexibility index (Phi) is 3.84. The highest BCUT2D eigenvalue weighted by molar-refractivity contribution is 7.12. The van der Waals surface area contributed by atoms with Gasteiger partial charge in [-0.25, -0.2) is 10.7 Å². The number of thiophene rings is 1. The summed E-state index contributed by atoms with van der Waals surface area (Å²) < 4.78 is 4.71. The van der Waals surface area contributed by atoms with E-state index in [1.54, 1.807) is 0 Å². The number of hydrogen-bond acceptors (Lipinski definition) is 5. The molecule has 0 radical (unpaired) electrons. The Hall–Kier alpha value is -0.910. The molecule has 2 N–H and O–H groups in total. The SMILES string of the molecule is COC(=O)c1sccc1C(C)(C)CON. The number of carbonyl (C=O) groups is 1. The molecule has 1 aromatic heterocycles. The van der Waals surface area contributed by atoms with Gasteiger partial charge in [0.15, 0.2) is 0 Å². The lowest BCUT2D eigenvalue weighted by Gasteiger charge is -2.23. The van der Waals surface area contributed by atoms with Gasteiger partial charge in [-0.2, -0.15) is 0 Å². The van der Waals surface area contributed by atoms with Crippen LogP contribution in [0.2, 0.25) is 0 Å². The topological polar surface area (TPSA) is 61.5 Å². The van der Waals surface area contributed by atoms with Crippen LogP contribution in [0.5, 0.6) is 0 Å². The second-order valence-corrected chi connectivity index (χ2v) is 4.77. The minimum absolute atomic E-state index is 0.293. The highest BCUT2D eigenvalue weighted by Gasteiger charge is 2.27. The molecular formula is C10H15NO3S. The Bertz CT molecular complexity index is 346. The molecule has 0 atom stereocenters. The Morgan fingerprint density at radius 1 is 1.60 bits per heavy atom. The van der Waals surface area contributed by atoms with Gasteiger partial charge >= 0.3 is 5.97 Å². The molecule has 4 nitrogen and oxygen atoms in total. The van der Waals surface area contributed by atoms with Crippen molar-refractivity contribution in [3.8, 4) is 0 Å². The summed E-state index contributed by atoms with van der Waals surface area (Å²) in [6.45, 7) is 4.29. The molecule has 0 saturated heterocycles. The second kappa shape index (κ2) is 4.74. The van der Waals surface area contributed by atoms with E-state index < -0.39 is 0 Å². The molecule has 0 saturated carbocycles. The molecule has 0 spiro atoms. The van der Waals surface area contributed by atoms with Crippen LogP contribution in [-0.4, -0.2) is 19.7 Å². The van der Waals surface area contributed by atoms with Gasteiger partial charge in [-0.1, -0.05) is 13.8 Å². The predicted molar refractivity (Wildman–Crippen MR) is 58.8 cm³/mol. The van der Waals surface area contributed by atoms with Gasteiger partial charge in [-0.05, 0) is 17.0 Å². The lowest BCUT2D eigenvalue weighted by Crippen LogP contribution is -2.27. The number of esters is 1. The van der Waals surface area contributed by atoms with Gasteiger partial charge in [-0.3, -0.25) is 0 Å². The number of nitrogens with two attached hydrogens (primary N) is 1. The van der Waals surface area contributed by atoms with E-state index in [2.05, 4.69) is 4.84 Å². The van der Waals surface area contributed by atoms with Crippen molar-refractivity contribution in [2.24, 2.45) is 5.90 Å². The second-order valence-electron chi connectivity index (χ2n) is 3.85. The summed E-state index contributed by atoms with van der Waals surface area (Å²) in [4.78, 5) is 16.7. The van der Waals surface area contributed by atoms with Crippen LogP contribution in [-0.2, 0) is 15.0 Å². The number of methoxy groups -OCH3 is 1. The summed E-state index contributed by atoms with van der Waals surface area (Å²) in [5.74, 6) is 4.75. The maximum atomic E-state index is 11.5. The number of rotatable bonds is 4. The number of ether oxygens (including phenoxy) is 1. The molecule has 0 aliphatic rings. The fourth-order valence-corrected chi connectivity index (χ4v) is 2.37. The molecule has 0 aromatic carbocycles. The maximum absolute atomic E-state index is 11.5. The van der Waals surface area contributed by atoms with Crippen LogP contribution in [0, 0.1) is 0 Å². The summed E-state index contributed by atoms with van der Waals surface area (Å²) in [6, 6.07) is 1.90. The third-order valence-corrected chi connectivity index (χ3v) is 3.10. The third kappa shape index (κ3) is 2.56. The zero-order chi connectivity index (χ0) is 11.5. The van der Waals surface area contributed by atoms with Crippen molar-refractivity contribution in [3.05, 3.63) is 21.9 Å². The maximum Gasteiger partial charge on any atom is 0.348 e. The van der Waals surface area contributed by atoms with Crippen LogP contribution >= 0.6 is 11.3 Å². The first kappa shape index (κ1) is 12.2. The van der Waals surface area contributed by atoms with Crippen LogP contribution in [0.4, 0.5) is 0 Å². The molecule has 15 heavy (non-hydrogen) atoms. The molecule has 0 amide bonds. The van der Waals surface area contributed by atoms with Crippen molar-refractivity contribution in [3.63, 3.8) is 0 Å². The quantitative estimate of drug-likeness (QED) is 0.630. The van der Waals surface area contributed by atoms with E-state index in [9.17, 15) is 4.79 Å². The van der Waals surface area contributed by atoms with Gasteiger partial charge in [0.25, 0.3) is 0 Å². The molecule has 84 valence electrons. The lowest BCUT2D eigenvalue weighted by atomic mass is 9.86. The molecule has 0 unspecified atom stereocenters. The smallest absolute Gasteiger partial charge is 0.348 e. The van der Waals surface area contributed by atoms with Gasteiger partial charge in [-0.15, -0.1) is 11.3 Å². The van der Waals surface area contributed by atoms with Crippen LogP contribution in [0.1, 0.15) is 29.1 Å². The fourth-order valence-electron chi connectivity index (χ4n) is 1.38. The van der Waals surface area contributed by atoms with Gasteiger partial charge in [0.05, 0.1) is 13.7 Å². The van der Waals surface area contributed by atoms with Crippen LogP contribution in [0.15, 0.2) is 11.4 Å². The third-order valence-electron chi connectivity index (χ3n) is 2.21. The van der Waals surface area contributed by atoms with E-state index in [1.807, 2.05) is 25.3 Å². The monoisotopic (exact) mass is 229 g/mol. The molecule has 0 bridgehead atoms. The van der Waals surface area contributed by atoms with Crippen molar-refractivity contribution in [2.75, 3.05) is 13.7 Å². The van der Waals surface area contributed by atoms with E-state index in [0.717, 1.165) is 5.56 Å². The van der Waals surface area contributed by atoms with Crippen molar-refractivity contribution in [2.45, 2.75) is 19.3 Å². The van der Waals surface area contributed by atoms with Gasteiger partial charge < -0.3 is 9.57 Å². The van der Waals surface area contributed by atoms with Gasteiger partial charge in [0.1, 0.15) is 4.88 Å². The first-order valence-corrected chi connectivity index (χ1v) is 5.39. The van der Waals surface area contributed by atoms with Crippen molar-refractivity contribution < 1.29 is 14.4 Å². The molecule has 0 aliphatic carbocycles. The Morgan fingerprint density at radius 3 is 2.80 bits per heavy atom. The van der Waals surface area contributed by atoms with Crippen molar-refractivity contribution in [1.82, 2.24) is 0 Å².